The van der Waals surface area contributed by atoms with E-state index in [-0.39, 0.29) is 19.5 Å². The minimum atomic E-state index is -0.967. The lowest BCUT2D eigenvalue weighted by atomic mass is 9.96. The van der Waals surface area contributed by atoms with Crippen LogP contribution in [0.2, 0.25) is 0 Å². The van der Waals surface area contributed by atoms with Gasteiger partial charge in [0.1, 0.15) is 41.7 Å². The van der Waals surface area contributed by atoms with E-state index in [0.717, 1.165) is 6.07 Å². The molecule has 0 saturated carbocycles. The Bertz CT molecular complexity index is 942. The predicted octanol–water partition coefficient (Wildman–Crippen LogP) is 1.56. The van der Waals surface area contributed by atoms with Crippen molar-refractivity contribution in [1.29, 1.82) is 0 Å². The van der Waals surface area contributed by atoms with Crippen molar-refractivity contribution < 1.29 is 38.7 Å². The fourth-order valence-corrected chi connectivity index (χ4v) is 4.01. The number of nitrogens with one attached hydrogen (secondary N) is 1. The average molecular weight is 437 g/mol. The summed E-state index contributed by atoms with van der Waals surface area (Å²) in [7, 11) is 0. The summed E-state index contributed by atoms with van der Waals surface area (Å²) in [6, 6.07) is 6.30. The Kier molecular flexibility index (Phi) is 6.29. The number of rotatable bonds is 6. The van der Waals surface area contributed by atoms with E-state index < -0.39 is 47.9 Å². The molecule has 0 unspecified atom stereocenters. The lowest BCUT2D eigenvalue weighted by Crippen LogP contribution is -2.46. The first kappa shape index (κ1) is 21.8. The van der Waals surface area contributed by atoms with Crippen molar-refractivity contribution in [3.63, 3.8) is 0 Å². The number of aromatic hydroxyl groups is 1. The number of hydrogen-bond acceptors (Lipinski definition) is 7. The molecule has 0 amide bonds. The zero-order valence-electron chi connectivity index (χ0n) is 16.7. The van der Waals surface area contributed by atoms with Gasteiger partial charge in [-0.25, -0.2) is 8.78 Å². The van der Waals surface area contributed by atoms with Gasteiger partial charge in [-0.1, -0.05) is 0 Å². The van der Waals surface area contributed by atoms with Gasteiger partial charge < -0.3 is 35.2 Å². The number of ether oxygens (including phenoxy) is 2. The topological polar surface area (TPSA) is 111 Å². The molecule has 0 radical (unpaired) electrons. The van der Waals surface area contributed by atoms with Crippen molar-refractivity contribution in [2.75, 3.05) is 13.1 Å². The molecule has 0 aliphatic carbocycles. The first-order valence-corrected chi connectivity index (χ1v) is 10.2. The number of hydrogen-bond donors (Lipinski definition) is 5. The minimum absolute atomic E-state index is 0.0940. The Labute approximate surface area is 177 Å². The van der Waals surface area contributed by atoms with Crippen LogP contribution in [0.4, 0.5) is 8.78 Å². The summed E-state index contributed by atoms with van der Waals surface area (Å²) in [5.41, 5.74) is 1.03. The van der Waals surface area contributed by atoms with Gasteiger partial charge >= 0.3 is 0 Å². The van der Waals surface area contributed by atoms with Crippen LogP contribution in [0.1, 0.15) is 30.1 Å². The van der Waals surface area contributed by atoms with Crippen LogP contribution in [-0.2, 0) is 6.42 Å². The summed E-state index contributed by atoms with van der Waals surface area (Å²) in [5, 5.41) is 43.5. The predicted molar refractivity (Wildman–Crippen MR) is 106 cm³/mol. The molecule has 7 nitrogen and oxygen atoms in total. The van der Waals surface area contributed by atoms with Gasteiger partial charge in [0.15, 0.2) is 11.6 Å². The van der Waals surface area contributed by atoms with Crippen LogP contribution in [0.5, 0.6) is 17.2 Å². The Balaban J connectivity index is 1.27. The average Bonchev–Trinajstić information content (AvgIpc) is 2.74. The molecule has 5 atom stereocenters. The highest BCUT2D eigenvalue weighted by atomic mass is 19.1. The number of aliphatic hydroxyl groups is 3. The van der Waals surface area contributed by atoms with E-state index in [1.165, 1.54) is 24.3 Å². The zero-order chi connectivity index (χ0) is 22.1. The van der Waals surface area contributed by atoms with Crippen molar-refractivity contribution in [2.45, 2.75) is 49.8 Å². The minimum Gasteiger partial charge on any atom is -0.505 e. The molecule has 0 bridgehead atoms. The molecule has 0 aromatic heterocycles. The van der Waals surface area contributed by atoms with E-state index in [1.54, 1.807) is 0 Å². The smallest absolute Gasteiger partial charge is 0.168 e. The number of halogens is 2. The van der Waals surface area contributed by atoms with Crippen molar-refractivity contribution in [1.82, 2.24) is 5.32 Å². The van der Waals surface area contributed by atoms with Crippen LogP contribution in [0.3, 0.4) is 0 Å². The quantitative estimate of drug-likeness (QED) is 0.466. The van der Waals surface area contributed by atoms with Gasteiger partial charge in [-0.05, 0) is 42.7 Å². The highest BCUT2D eigenvalue weighted by Gasteiger charge is 2.32. The summed E-state index contributed by atoms with van der Waals surface area (Å²) >= 11 is 0. The van der Waals surface area contributed by atoms with Crippen molar-refractivity contribution in [2.24, 2.45) is 0 Å². The van der Waals surface area contributed by atoms with E-state index in [2.05, 4.69) is 5.32 Å². The summed E-state index contributed by atoms with van der Waals surface area (Å²) in [4.78, 5) is 0. The highest BCUT2D eigenvalue weighted by Crippen LogP contribution is 2.36. The molecule has 2 aliphatic heterocycles. The maximum atomic E-state index is 13.6. The van der Waals surface area contributed by atoms with Gasteiger partial charge in [-0.15, -0.1) is 0 Å². The molecule has 0 fully saturated rings. The Morgan fingerprint density at radius 3 is 2.48 bits per heavy atom. The molecule has 2 aliphatic rings. The summed E-state index contributed by atoms with van der Waals surface area (Å²) < 4.78 is 38.3. The Morgan fingerprint density at radius 1 is 1.00 bits per heavy atom. The second-order valence-electron chi connectivity index (χ2n) is 7.99. The van der Waals surface area contributed by atoms with Gasteiger partial charge in [-0.2, -0.15) is 0 Å². The standard InChI is InChI=1S/C22H25F2NO6/c23-12-2-4-19-13(6-12)15(26)8-22(30-19)18(29)10-25-9-17(28)20-3-1-11-5-16(27)14(24)7-21(11)31-20/h2,4-7,15,17-18,20,22,25-29H,1,3,8-10H2/t15-,17+,18+,20-,22+/m1/s1. The molecule has 0 saturated heterocycles. The third-order valence-corrected chi connectivity index (χ3v) is 5.74. The Hall–Kier alpha value is -2.46. The van der Waals surface area contributed by atoms with E-state index in [1.807, 2.05) is 0 Å². The summed E-state index contributed by atoms with van der Waals surface area (Å²) in [5.74, 6) is -1.06. The lowest BCUT2D eigenvalue weighted by Gasteiger charge is -2.33. The number of benzene rings is 2. The maximum absolute atomic E-state index is 13.6. The molecular weight excluding hydrogens is 412 g/mol. The molecule has 9 heteroatoms. The fourth-order valence-electron chi connectivity index (χ4n) is 4.01. The number of aliphatic hydroxyl groups excluding tert-OH is 3. The van der Waals surface area contributed by atoms with Crippen molar-refractivity contribution in [3.05, 3.63) is 53.1 Å². The number of phenolic OH excluding ortho intramolecular Hbond substituents is 1. The molecule has 31 heavy (non-hydrogen) atoms. The van der Waals surface area contributed by atoms with Crippen LogP contribution in [0.25, 0.3) is 0 Å². The lowest BCUT2D eigenvalue weighted by molar-refractivity contribution is -0.0175. The first-order valence-electron chi connectivity index (χ1n) is 10.2. The molecule has 4 rings (SSSR count). The van der Waals surface area contributed by atoms with Crippen molar-refractivity contribution in [3.8, 4) is 17.2 Å². The zero-order valence-corrected chi connectivity index (χ0v) is 16.7. The van der Waals surface area contributed by atoms with Gasteiger partial charge in [0.05, 0.1) is 6.10 Å². The van der Waals surface area contributed by atoms with E-state index in [9.17, 15) is 29.2 Å². The molecule has 0 spiro atoms. The third kappa shape index (κ3) is 4.74. The normalized spacial score (nSPS) is 24.4. The Morgan fingerprint density at radius 2 is 1.71 bits per heavy atom. The van der Waals surface area contributed by atoms with E-state index in [4.69, 9.17) is 9.47 Å². The van der Waals surface area contributed by atoms with E-state index >= 15 is 0 Å². The maximum Gasteiger partial charge on any atom is 0.168 e. The fraction of sp³-hybridized carbons (Fsp3) is 0.455. The molecule has 168 valence electrons. The summed E-state index contributed by atoms with van der Waals surface area (Å²) in [6.45, 7) is 0.214. The molecule has 5 N–H and O–H groups in total. The third-order valence-electron chi connectivity index (χ3n) is 5.74. The van der Waals surface area contributed by atoms with Crippen LogP contribution >= 0.6 is 0 Å². The van der Waals surface area contributed by atoms with Gasteiger partial charge in [0.25, 0.3) is 0 Å². The second kappa shape index (κ2) is 8.96. The van der Waals surface area contributed by atoms with Gasteiger partial charge in [0, 0.05) is 31.1 Å². The number of phenols is 1. The first-order chi connectivity index (χ1) is 14.8. The number of aryl methyl sites for hydroxylation is 1. The van der Waals surface area contributed by atoms with Crippen LogP contribution in [-0.4, -0.2) is 57.9 Å². The highest BCUT2D eigenvalue weighted by molar-refractivity contribution is 5.42. The molecular formula is C22H25F2NO6. The monoisotopic (exact) mass is 437 g/mol. The SMILES string of the molecule is Oc1cc2c(cc1F)O[C@@H]([C@@H](O)CNC[C@H](O)[C@@H]1C[C@@H](O)c3cc(F)ccc3O1)CC2. The largest absolute Gasteiger partial charge is 0.505 e. The molecule has 2 aromatic rings. The van der Waals surface area contributed by atoms with Crippen LogP contribution in [0, 0.1) is 11.6 Å². The van der Waals surface area contributed by atoms with Crippen LogP contribution in [0.15, 0.2) is 30.3 Å². The van der Waals surface area contributed by atoms with Gasteiger partial charge in [-0.3, -0.25) is 0 Å². The van der Waals surface area contributed by atoms with Crippen molar-refractivity contribution >= 4 is 0 Å². The van der Waals surface area contributed by atoms with Gasteiger partial charge in [0.2, 0.25) is 0 Å². The van der Waals surface area contributed by atoms with E-state index in [0.29, 0.717) is 35.5 Å². The number of fused-ring (bicyclic) bond motifs is 2. The van der Waals surface area contributed by atoms with Crippen LogP contribution < -0.4 is 14.8 Å². The second-order valence-corrected chi connectivity index (χ2v) is 7.99. The molecule has 2 heterocycles. The summed E-state index contributed by atoms with van der Waals surface area (Å²) in [6.07, 6.45) is -2.93. The molecule has 2 aromatic carbocycles.